The third-order valence-electron chi connectivity index (χ3n) is 4.93. The van der Waals surface area contributed by atoms with Crippen molar-refractivity contribution < 1.29 is 14.3 Å². The van der Waals surface area contributed by atoms with E-state index in [2.05, 4.69) is 29.6 Å². The fourth-order valence-corrected chi connectivity index (χ4v) is 3.42. The molecule has 5 nitrogen and oxygen atoms in total. The van der Waals surface area contributed by atoms with Crippen molar-refractivity contribution in [1.29, 1.82) is 0 Å². The van der Waals surface area contributed by atoms with Gasteiger partial charge in [-0.15, -0.1) is 0 Å². The summed E-state index contributed by atoms with van der Waals surface area (Å²) in [6.07, 6.45) is 0. The molecule has 0 bridgehead atoms. The van der Waals surface area contributed by atoms with Crippen molar-refractivity contribution in [3.05, 3.63) is 107 Å². The zero-order valence-corrected chi connectivity index (χ0v) is 17.2. The molecule has 0 unspecified atom stereocenters. The largest absolute Gasteiger partial charge is 0.465 e. The van der Waals surface area contributed by atoms with E-state index in [9.17, 15) is 9.59 Å². The van der Waals surface area contributed by atoms with E-state index in [1.54, 1.807) is 12.1 Å². The minimum Gasteiger partial charge on any atom is -0.465 e. The summed E-state index contributed by atoms with van der Waals surface area (Å²) in [5.41, 5.74) is 3.68. The maximum absolute atomic E-state index is 12.6. The highest BCUT2D eigenvalue weighted by atomic mass is 16.5. The molecule has 0 saturated heterocycles. The molecular formula is C25H26N2O3. The van der Waals surface area contributed by atoms with Crippen LogP contribution in [0.4, 0.5) is 0 Å². The molecule has 0 heterocycles. The Labute approximate surface area is 177 Å². The van der Waals surface area contributed by atoms with Crippen molar-refractivity contribution in [2.24, 2.45) is 0 Å². The molecule has 0 aliphatic heterocycles. The Morgan fingerprint density at radius 2 is 1.40 bits per heavy atom. The number of nitrogens with zero attached hydrogens (tertiary/aromatic N) is 1. The Balaban J connectivity index is 1.63. The van der Waals surface area contributed by atoms with Crippen molar-refractivity contribution >= 4 is 11.9 Å². The first-order valence-corrected chi connectivity index (χ1v) is 9.82. The highest BCUT2D eigenvalue weighted by molar-refractivity contribution is 5.89. The van der Waals surface area contributed by atoms with E-state index in [4.69, 9.17) is 4.74 Å². The Hall–Kier alpha value is -3.44. The first kappa shape index (κ1) is 21.3. The minimum atomic E-state index is -0.375. The van der Waals surface area contributed by atoms with Crippen LogP contribution in [0.3, 0.4) is 0 Å². The highest BCUT2D eigenvalue weighted by Crippen LogP contribution is 2.27. The van der Waals surface area contributed by atoms with Gasteiger partial charge in [0.05, 0.1) is 25.3 Å². The molecule has 3 aromatic carbocycles. The fourth-order valence-electron chi connectivity index (χ4n) is 3.42. The number of rotatable bonds is 8. The molecule has 3 rings (SSSR count). The average molecular weight is 402 g/mol. The standard InChI is InChI=1S/C25H26N2O3/c1-27(24(20-9-5-3-6-10-20)21-11-7-4-8-12-21)18-23(28)26-17-19-13-15-22(16-14-19)25(29)30-2/h3-16,24H,17-18H2,1-2H3,(H,26,28). The number of ether oxygens (including phenoxy) is 1. The number of likely N-dealkylation sites (N-methyl/N-ethyl adjacent to an activating group) is 1. The first-order chi connectivity index (χ1) is 14.6. The number of benzene rings is 3. The Bertz CT molecular complexity index is 917. The minimum absolute atomic E-state index is 0.0162. The number of nitrogens with one attached hydrogen (secondary N) is 1. The molecule has 0 atom stereocenters. The van der Waals surface area contributed by atoms with Crippen LogP contribution in [0.5, 0.6) is 0 Å². The van der Waals surface area contributed by atoms with Gasteiger partial charge in [0, 0.05) is 6.54 Å². The normalized spacial score (nSPS) is 10.8. The molecule has 0 spiro atoms. The predicted molar refractivity (Wildman–Crippen MR) is 117 cm³/mol. The summed E-state index contributed by atoms with van der Waals surface area (Å²) in [6.45, 7) is 0.657. The summed E-state index contributed by atoms with van der Waals surface area (Å²) in [7, 11) is 3.31. The number of esters is 1. The van der Waals surface area contributed by atoms with Gasteiger partial charge in [-0.05, 0) is 35.9 Å². The summed E-state index contributed by atoms with van der Waals surface area (Å²) < 4.78 is 4.70. The molecule has 3 aromatic rings. The molecule has 0 fully saturated rings. The van der Waals surface area contributed by atoms with Crippen molar-refractivity contribution in [2.75, 3.05) is 20.7 Å². The molecule has 0 saturated carbocycles. The number of hydrogen-bond acceptors (Lipinski definition) is 4. The second-order valence-corrected chi connectivity index (χ2v) is 7.10. The van der Waals surface area contributed by atoms with Crippen LogP contribution in [-0.2, 0) is 16.1 Å². The summed E-state index contributed by atoms with van der Waals surface area (Å²) in [6, 6.07) is 27.3. The lowest BCUT2D eigenvalue weighted by Crippen LogP contribution is -2.37. The van der Waals surface area contributed by atoms with Crippen LogP contribution >= 0.6 is 0 Å². The molecule has 1 N–H and O–H groups in total. The van der Waals surface area contributed by atoms with Gasteiger partial charge < -0.3 is 10.1 Å². The molecule has 0 radical (unpaired) electrons. The molecule has 1 amide bonds. The molecule has 0 aliphatic carbocycles. The van der Waals surface area contributed by atoms with Crippen LogP contribution < -0.4 is 5.32 Å². The van der Waals surface area contributed by atoms with Gasteiger partial charge in [-0.1, -0.05) is 72.8 Å². The van der Waals surface area contributed by atoms with Gasteiger partial charge in [-0.25, -0.2) is 4.79 Å². The van der Waals surface area contributed by atoms with E-state index in [0.717, 1.165) is 16.7 Å². The highest BCUT2D eigenvalue weighted by Gasteiger charge is 2.21. The second-order valence-electron chi connectivity index (χ2n) is 7.10. The van der Waals surface area contributed by atoms with Crippen LogP contribution in [-0.4, -0.2) is 37.5 Å². The van der Waals surface area contributed by atoms with Crippen LogP contribution in [0.1, 0.15) is 33.1 Å². The number of amides is 1. The SMILES string of the molecule is COC(=O)c1ccc(CNC(=O)CN(C)C(c2ccccc2)c2ccccc2)cc1. The van der Waals surface area contributed by atoms with Gasteiger partial charge in [0.15, 0.2) is 0 Å². The number of carbonyl (C=O) groups is 2. The smallest absolute Gasteiger partial charge is 0.337 e. The van der Waals surface area contributed by atoms with Gasteiger partial charge in [0.1, 0.15) is 0 Å². The predicted octanol–water partition coefficient (Wildman–Crippen LogP) is 3.81. The van der Waals surface area contributed by atoms with Crippen molar-refractivity contribution in [3.63, 3.8) is 0 Å². The van der Waals surface area contributed by atoms with Crippen molar-refractivity contribution in [2.45, 2.75) is 12.6 Å². The van der Waals surface area contributed by atoms with Crippen molar-refractivity contribution in [1.82, 2.24) is 10.2 Å². The summed E-state index contributed by atoms with van der Waals surface area (Å²) in [5.74, 6) is -0.438. The lowest BCUT2D eigenvalue weighted by atomic mass is 9.97. The lowest BCUT2D eigenvalue weighted by Gasteiger charge is -2.28. The molecule has 5 heteroatoms. The Kier molecular flexibility index (Phi) is 7.35. The van der Waals surface area contributed by atoms with E-state index in [1.807, 2.05) is 60.5 Å². The van der Waals surface area contributed by atoms with Gasteiger partial charge in [-0.2, -0.15) is 0 Å². The number of hydrogen-bond donors (Lipinski definition) is 1. The van der Waals surface area contributed by atoms with Gasteiger partial charge in [-0.3, -0.25) is 9.69 Å². The van der Waals surface area contributed by atoms with E-state index >= 15 is 0 Å². The molecule has 0 aliphatic rings. The second kappa shape index (κ2) is 10.4. The van der Waals surface area contributed by atoms with Crippen LogP contribution in [0.25, 0.3) is 0 Å². The van der Waals surface area contributed by atoms with E-state index in [-0.39, 0.29) is 24.5 Å². The van der Waals surface area contributed by atoms with Crippen LogP contribution in [0.2, 0.25) is 0 Å². The maximum Gasteiger partial charge on any atom is 0.337 e. The topological polar surface area (TPSA) is 58.6 Å². The quantitative estimate of drug-likeness (QED) is 0.582. The molecular weight excluding hydrogens is 376 g/mol. The molecule has 154 valence electrons. The summed E-state index contributed by atoms with van der Waals surface area (Å²) in [4.78, 5) is 26.1. The Morgan fingerprint density at radius 3 is 1.90 bits per heavy atom. The maximum atomic E-state index is 12.6. The first-order valence-electron chi connectivity index (χ1n) is 9.82. The zero-order valence-electron chi connectivity index (χ0n) is 17.2. The zero-order chi connectivity index (χ0) is 21.3. The average Bonchev–Trinajstić information content (AvgIpc) is 2.79. The number of methoxy groups -OCH3 is 1. The van der Waals surface area contributed by atoms with Gasteiger partial charge in [0.25, 0.3) is 0 Å². The van der Waals surface area contributed by atoms with E-state index in [1.165, 1.54) is 7.11 Å². The van der Waals surface area contributed by atoms with Gasteiger partial charge in [0.2, 0.25) is 5.91 Å². The monoisotopic (exact) mass is 402 g/mol. The molecule has 0 aromatic heterocycles. The third-order valence-corrected chi connectivity index (χ3v) is 4.93. The van der Waals surface area contributed by atoms with Crippen LogP contribution in [0.15, 0.2) is 84.9 Å². The van der Waals surface area contributed by atoms with Crippen molar-refractivity contribution in [3.8, 4) is 0 Å². The van der Waals surface area contributed by atoms with E-state index < -0.39 is 0 Å². The number of carbonyl (C=O) groups excluding carboxylic acids is 2. The van der Waals surface area contributed by atoms with E-state index in [0.29, 0.717) is 12.1 Å². The summed E-state index contributed by atoms with van der Waals surface area (Å²) in [5, 5.41) is 2.95. The third kappa shape index (κ3) is 5.55. The molecule has 30 heavy (non-hydrogen) atoms. The Morgan fingerprint density at radius 1 is 0.867 bits per heavy atom. The van der Waals surface area contributed by atoms with Gasteiger partial charge >= 0.3 is 5.97 Å². The fraction of sp³-hybridized carbons (Fsp3) is 0.200. The van der Waals surface area contributed by atoms with Crippen LogP contribution in [0, 0.1) is 0 Å². The lowest BCUT2D eigenvalue weighted by molar-refractivity contribution is -0.122. The summed E-state index contributed by atoms with van der Waals surface area (Å²) >= 11 is 0.